The second kappa shape index (κ2) is 7.25. The number of hydrogen-bond donors (Lipinski definition) is 0. The van der Waals surface area contributed by atoms with Crippen molar-refractivity contribution in [3.05, 3.63) is 0 Å². The highest BCUT2D eigenvalue weighted by molar-refractivity contribution is 4.70. The highest BCUT2D eigenvalue weighted by atomic mass is 19.3. The standard InChI is InChI=1S/C8H17F2N.C2H6/c1-5-8(9,10)6-11(4)7(2)3;1-2/h7H,5-6H2,1-4H3;1-2H3. The van der Waals surface area contributed by atoms with Crippen LogP contribution in [0.4, 0.5) is 8.78 Å². The van der Waals surface area contributed by atoms with E-state index in [0.29, 0.717) is 0 Å². The fourth-order valence-electron chi connectivity index (χ4n) is 0.659. The third-order valence-electron chi connectivity index (χ3n) is 1.88. The summed E-state index contributed by atoms with van der Waals surface area (Å²) < 4.78 is 25.4. The molecule has 82 valence electrons. The monoisotopic (exact) mass is 195 g/mol. The summed E-state index contributed by atoms with van der Waals surface area (Å²) in [5.74, 6) is -2.53. The van der Waals surface area contributed by atoms with Gasteiger partial charge < -0.3 is 0 Å². The van der Waals surface area contributed by atoms with Gasteiger partial charge in [-0.3, -0.25) is 4.90 Å². The first-order valence-corrected chi connectivity index (χ1v) is 4.97. The van der Waals surface area contributed by atoms with Crippen molar-refractivity contribution in [1.82, 2.24) is 4.90 Å². The summed E-state index contributed by atoms with van der Waals surface area (Å²) in [5, 5.41) is 0. The van der Waals surface area contributed by atoms with Crippen LogP contribution in [0.25, 0.3) is 0 Å². The van der Waals surface area contributed by atoms with Gasteiger partial charge in [0.2, 0.25) is 0 Å². The summed E-state index contributed by atoms with van der Waals surface area (Å²) in [6.07, 6.45) is -0.0793. The first kappa shape index (κ1) is 15.3. The van der Waals surface area contributed by atoms with Gasteiger partial charge in [0, 0.05) is 12.5 Å². The molecule has 0 rings (SSSR count). The Morgan fingerprint density at radius 3 is 1.85 bits per heavy atom. The molecule has 0 heterocycles. The number of alkyl halides is 2. The highest BCUT2D eigenvalue weighted by Gasteiger charge is 2.28. The molecule has 0 fully saturated rings. The zero-order valence-electron chi connectivity index (χ0n) is 9.69. The Kier molecular flexibility index (Phi) is 8.53. The van der Waals surface area contributed by atoms with Gasteiger partial charge >= 0.3 is 0 Å². The smallest absolute Gasteiger partial charge is 0.260 e. The minimum atomic E-state index is -2.53. The fraction of sp³-hybridized carbons (Fsp3) is 1.00. The summed E-state index contributed by atoms with van der Waals surface area (Å²) >= 11 is 0. The van der Waals surface area contributed by atoms with Gasteiger partial charge in [0.25, 0.3) is 5.92 Å². The Labute approximate surface area is 81.1 Å². The average molecular weight is 195 g/mol. The first-order chi connectivity index (χ1) is 5.89. The molecule has 13 heavy (non-hydrogen) atoms. The van der Waals surface area contributed by atoms with Crippen LogP contribution < -0.4 is 0 Å². The molecular weight excluding hydrogens is 172 g/mol. The molecule has 0 amide bonds. The molecule has 1 nitrogen and oxygen atoms in total. The molecule has 0 aromatic rings. The van der Waals surface area contributed by atoms with Crippen molar-refractivity contribution in [2.75, 3.05) is 13.6 Å². The molecule has 0 aromatic heterocycles. The van der Waals surface area contributed by atoms with Crippen molar-refractivity contribution >= 4 is 0 Å². The maximum atomic E-state index is 12.7. The van der Waals surface area contributed by atoms with Crippen LogP contribution in [-0.4, -0.2) is 30.5 Å². The molecule has 0 spiro atoms. The lowest BCUT2D eigenvalue weighted by molar-refractivity contribution is -0.0354. The lowest BCUT2D eigenvalue weighted by Crippen LogP contribution is -2.37. The van der Waals surface area contributed by atoms with Gasteiger partial charge in [-0.15, -0.1) is 0 Å². The summed E-state index contributed by atoms with van der Waals surface area (Å²) in [6.45, 7) is 9.19. The van der Waals surface area contributed by atoms with Gasteiger partial charge in [-0.1, -0.05) is 20.8 Å². The molecule has 0 aromatic carbocycles. The predicted octanol–water partition coefficient (Wildman–Crippen LogP) is 3.40. The Bertz CT molecular complexity index is 113. The van der Waals surface area contributed by atoms with Gasteiger partial charge in [-0.05, 0) is 20.9 Å². The Hall–Kier alpha value is -0.180. The zero-order chi connectivity index (χ0) is 11.1. The molecular formula is C10H23F2N. The van der Waals surface area contributed by atoms with E-state index in [2.05, 4.69) is 0 Å². The van der Waals surface area contributed by atoms with Crippen LogP contribution >= 0.6 is 0 Å². The molecule has 0 aliphatic carbocycles. The second-order valence-electron chi connectivity index (χ2n) is 3.22. The van der Waals surface area contributed by atoms with E-state index in [9.17, 15) is 8.78 Å². The second-order valence-corrected chi connectivity index (χ2v) is 3.22. The molecule has 0 saturated heterocycles. The molecule has 3 heteroatoms. The number of hydrogen-bond acceptors (Lipinski definition) is 1. The molecule has 0 atom stereocenters. The van der Waals surface area contributed by atoms with Crippen LogP contribution in [0.15, 0.2) is 0 Å². The maximum Gasteiger partial charge on any atom is 0.260 e. The van der Waals surface area contributed by atoms with E-state index in [1.54, 1.807) is 11.9 Å². The summed E-state index contributed by atoms with van der Waals surface area (Å²) in [5.41, 5.74) is 0. The van der Waals surface area contributed by atoms with E-state index in [0.717, 1.165) is 0 Å². The van der Waals surface area contributed by atoms with Crippen LogP contribution in [-0.2, 0) is 0 Å². The molecule has 0 bridgehead atoms. The van der Waals surface area contributed by atoms with Crippen molar-refractivity contribution in [2.45, 2.75) is 53.0 Å². The van der Waals surface area contributed by atoms with E-state index in [4.69, 9.17) is 0 Å². The fourth-order valence-corrected chi connectivity index (χ4v) is 0.659. The van der Waals surface area contributed by atoms with Crippen LogP contribution in [0.3, 0.4) is 0 Å². The van der Waals surface area contributed by atoms with E-state index in [-0.39, 0.29) is 19.0 Å². The summed E-state index contributed by atoms with van der Waals surface area (Å²) in [4.78, 5) is 1.66. The summed E-state index contributed by atoms with van der Waals surface area (Å²) in [6, 6.07) is 0.187. The minimum Gasteiger partial charge on any atom is -0.298 e. The lowest BCUT2D eigenvalue weighted by atomic mass is 10.2. The normalized spacial score (nSPS) is 11.5. The van der Waals surface area contributed by atoms with Crippen molar-refractivity contribution in [3.8, 4) is 0 Å². The predicted molar refractivity (Wildman–Crippen MR) is 54.4 cm³/mol. The number of halogens is 2. The van der Waals surface area contributed by atoms with Gasteiger partial charge in [0.1, 0.15) is 0 Å². The van der Waals surface area contributed by atoms with Crippen LogP contribution in [0.1, 0.15) is 41.0 Å². The van der Waals surface area contributed by atoms with Crippen molar-refractivity contribution < 1.29 is 8.78 Å². The lowest BCUT2D eigenvalue weighted by Gasteiger charge is -2.25. The molecule has 0 N–H and O–H groups in total. The largest absolute Gasteiger partial charge is 0.298 e. The summed E-state index contributed by atoms with van der Waals surface area (Å²) in [7, 11) is 1.72. The van der Waals surface area contributed by atoms with Crippen LogP contribution in [0.2, 0.25) is 0 Å². The first-order valence-electron chi connectivity index (χ1n) is 4.97. The SMILES string of the molecule is CC.CCC(F)(F)CN(C)C(C)C. The minimum absolute atomic E-state index is 0.0793. The third kappa shape index (κ3) is 8.16. The van der Waals surface area contributed by atoms with Crippen molar-refractivity contribution in [3.63, 3.8) is 0 Å². The molecule has 0 saturated carbocycles. The van der Waals surface area contributed by atoms with Crippen molar-refractivity contribution in [2.24, 2.45) is 0 Å². The maximum absolute atomic E-state index is 12.7. The zero-order valence-corrected chi connectivity index (χ0v) is 9.69. The molecule has 0 aliphatic heterocycles. The Morgan fingerprint density at radius 1 is 1.23 bits per heavy atom. The number of rotatable bonds is 4. The average Bonchev–Trinajstić information content (AvgIpc) is 2.07. The topological polar surface area (TPSA) is 3.24 Å². The van der Waals surface area contributed by atoms with E-state index < -0.39 is 5.92 Å². The van der Waals surface area contributed by atoms with E-state index in [1.807, 2.05) is 27.7 Å². The molecule has 0 aliphatic rings. The van der Waals surface area contributed by atoms with E-state index in [1.165, 1.54) is 6.92 Å². The van der Waals surface area contributed by atoms with Gasteiger partial charge in [-0.2, -0.15) is 0 Å². The highest BCUT2D eigenvalue weighted by Crippen LogP contribution is 2.19. The van der Waals surface area contributed by atoms with Crippen LogP contribution in [0, 0.1) is 0 Å². The Morgan fingerprint density at radius 2 is 1.62 bits per heavy atom. The van der Waals surface area contributed by atoms with Crippen LogP contribution in [0.5, 0.6) is 0 Å². The van der Waals surface area contributed by atoms with Gasteiger partial charge in [-0.25, -0.2) is 8.78 Å². The molecule has 0 unspecified atom stereocenters. The quantitative estimate of drug-likeness (QED) is 0.664. The van der Waals surface area contributed by atoms with Crippen molar-refractivity contribution in [1.29, 1.82) is 0 Å². The number of nitrogens with zero attached hydrogens (tertiary/aromatic N) is 1. The van der Waals surface area contributed by atoms with Gasteiger partial charge in [0.05, 0.1) is 6.54 Å². The molecule has 0 radical (unpaired) electrons. The van der Waals surface area contributed by atoms with Gasteiger partial charge in [0.15, 0.2) is 0 Å². The third-order valence-corrected chi connectivity index (χ3v) is 1.88. The Balaban J connectivity index is 0. The van der Waals surface area contributed by atoms with E-state index >= 15 is 0 Å².